The third-order valence-electron chi connectivity index (χ3n) is 4.24. The number of hydrogen-bond donors (Lipinski definition) is 1. The van der Waals surface area contributed by atoms with E-state index in [1.165, 1.54) is 0 Å². The molecular weight excluding hydrogens is 308 g/mol. The number of nitrogens with zero attached hydrogens (tertiary/aromatic N) is 2. The zero-order chi connectivity index (χ0) is 16.8. The van der Waals surface area contributed by atoms with E-state index in [1.807, 2.05) is 31.2 Å². The molecule has 122 valence electrons. The molecule has 1 atom stereocenters. The van der Waals surface area contributed by atoms with Crippen molar-refractivity contribution >= 4 is 17.0 Å². The number of benzene rings is 2. The lowest BCUT2D eigenvalue weighted by Gasteiger charge is -2.14. The smallest absolute Gasteiger partial charge is 0.326 e. The van der Waals surface area contributed by atoms with Crippen molar-refractivity contribution in [3.63, 3.8) is 0 Å². The van der Waals surface area contributed by atoms with E-state index in [9.17, 15) is 9.90 Å². The predicted molar refractivity (Wildman–Crippen MR) is 88.4 cm³/mol. The molecule has 1 aliphatic rings. The van der Waals surface area contributed by atoms with Gasteiger partial charge in [0.1, 0.15) is 11.9 Å². The van der Waals surface area contributed by atoms with Gasteiger partial charge in [-0.25, -0.2) is 9.78 Å². The number of aromatic nitrogens is 2. The van der Waals surface area contributed by atoms with Crippen LogP contribution in [0, 0.1) is 6.92 Å². The maximum Gasteiger partial charge on any atom is 0.326 e. The molecule has 0 aliphatic carbocycles. The van der Waals surface area contributed by atoms with Crippen LogP contribution in [0.4, 0.5) is 0 Å². The van der Waals surface area contributed by atoms with Crippen LogP contribution >= 0.6 is 0 Å². The number of carboxylic acid groups (broad SMARTS) is 1. The van der Waals surface area contributed by atoms with Gasteiger partial charge in [0.25, 0.3) is 0 Å². The van der Waals surface area contributed by atoms with Crippen molar-refractivity contribution in [3.8, 4) is 22.9 Å². The Kier molecular flexibility index (Phi) is 3.19. The Morgan fingerprint density at radius 3 is 2.54 bits per heavy atom. The number of ether oxygens (including phenoxy) is 2. The van der Waals surface area contributed by atoms with Crippen LogP contribution in [0.5, 0.6) is 11.5 Å². The highest BCUT2D eigenvalue weighted by molar-refractivity contribution is 5.87. The molecule has 1 unspecified atom stereocenters. The SMILES string of the molecule is Cc1ccc(-c2nc3cc4c(cc3n2C(C)C(=O)O)OCO4)cc1. The van der Waals surface area contributed by atoms with Crippen molar-refractivity contribution in [1.29, 1.82) is 0 Å². The van der Waals surface area contributed by atoms with Crippen molar-refractivity contribution in [1.82, 2.24) is 9.55 Å². The lowest BCUT2D eigenvalue weighted by Crippen LogP contribution is -2.16. The molecule has 6 heteroatoms. The Bertz CT molecular complexity index is 944. The minimum Gasteiger partial charge on any atom is -0.480 e. The molecule has 1 aromatic heterocycles. The van der Waals surface area contributed by atoms with E-state index in [1.54, 1.807) is 23.6 Å². The molecule has 0 spiro atoms. The summed E-state index contributed by atoms with van der Waals surface area (Å²) in [7, 11) is 0. The third kappa shape index (κ3) is 2.19. The van der Waals surface area contributed by atoms with Gasteiger partial charge in [-0.05, 0) is 13.8 Å². The van der Waals surface area contributed by atoms with Gasteiger partial charge in [-0.3, -0.25) is 0 Å². The Morgan fingerprint density at radius 1 is 1.21 bits per heavy atom. The van der Waals surface area contributed by atoms with E-state index in [-0.39, 0.29) is 6.79 Å². The molecule has 0 saturated heterocycles. The summed E-state index contributed by atoms with van der Waals surface area (Å²) in [4.78, 5) is 16.3. The van der Waals surface area contributed by atoms with Gasteiger partial charge in [0, 0.05) is 17.7 Å². The molecule has 6 nitrogen and oxygen atoms in total. The number of fused-ring (bicyclic) bond motifs is 2. The summed E-state index contributed by atoms with van der Waals surface area (Å²) in [6, 6.07) is 10.7. The molecular formula is C18H16N2O4. The molecule has 1 N–H and O–H groups in total. The van der Waals surface area contributed by atoms with Gasteiger partial charge in [-0.2, -0.15) is 0 Å². The monoisotopic (exact) mass is 324 g/mol. The minimum atomic E-state index is -0.916. The van der Waals surface area contributed by atoms with Crippen LogP contribution < -0.4 is 9.47 Å². The Hall–Kier alpha value is -3.02. The molecule has 2 aromatic carbocycles. The first-order chi connectivity index (χ1) is 11.5. The maximum absolute atomic E-state index is 11.6. The van der Waals surface area contributed by atoms with E-state index < -0.39 is 12.0 Å². The number of aryl methyl sites for hydroxylation is 1. The first kappa shape index (κ1) is 14.6. The predicted octanol–water partition coefficient (Wildman–Crippen LogP) is 3.39. The van der Waals surface area contributed by atoms with E-state index in [0.29, 0.717) is 28.4 Å². The highest BCUT2D eigenvalue weighted by Crippen LogP contribution is 2.38. The molecule has 0 bridgehead atoms. The first-order valence-electron chi connectivity index (χ1n) is 7.66. The standard InChI is InChI=1S/C18H16N2O4/c1-10-3-5-12(6-4-10)17-19-13-7-15-16(24-9-23-15)8-14(13)20(17)11(2)18(21)22/h3-8,11H,9H2,1-2H3,(H,21,22). The minimum absolute atomic E-state index is 0.168. The zero-order valence-corrected chi connectivity index (χ0v) is 13.3. The molecule has 3 aromatic rings. The van der Waals surface area contributed by atoms with Crippen molar-refractivity contribution in [2.24, 2.45) is 0 Å². The average molecular weight is 324 g/mol. The number of hydrogen-bond acceptors (Lipinski definition) is 4. The largest absolute Gasteiger partial charge is 0.480 e. The second kappa shape index (κ2) is 5.26. The van der Waals surface area contributed by atoms with Gasteiger partial charge in [0.15, 0.2) is 11.5 Å². The quantitative estimate of drug-likeness (QED) is 0.799. The fourth-order valence-electron chi connectivity index (χ4n) is 2.89. The number of carboxylic acids is 1. The summed E-state index contributed by atoms with van der Waals surface area (Å²) in [6.45, 7) is 3.82. The van der Waals surface area contributed by atoms with Crippen molar-refractivity contribution < 1.29 is 19.4 Å². The van der Waals surface area contributed by atoms with Gasteiger partial charge in [-0.15, -0.1) is 0 Å². The molecule has 4 rings (SSSR count). The third-order valence-corrected chi connectivity index (χ3v) is 4.24. The molecule has 0 saturated carbocycles. The zero-order valence-electron chi connectivity index (χ0n) is 13.3. The van der Waals surface area contributed by atoms with Crippen LogP contribution in [-0.4, -0.2) is 27.4 Å². The second-order valence-electron chi connectivity index (χ2n) is 5.88. The average Bonchev–Trinajstić information content (AvgIpc) is 3.15. The molecule has 2 heterocycles. The van der Waals surface area contributed by atoms with Gasteiger partial charge >= 0.3 is 5.97 Å². The first-order valence-corrected chi connectivity index (χ1v) is 7.66. The van der Waals surface area contributed by atoms with Crippen molar-refractivity contribution in [3.05, 3.63) is 42.0 Å². The number of rotatable bonds is 3. The van der Waals surface area contributed by atoms with E-state index in [0.717, 1.165) is 11.1 Å². The molecule has 0 amide bonds. The van der Waals surface area contributed by atoms with Crippen LogP contribution in [0.3, 0.4) is 0 Å². The summed E-state index contributed by atoms with van der Waals surface area (Å²) >= 11 is 0. The fraction of sp³-hybridized carbons (Fsp3) is 0.222. The lowest BCUT2D eigenvalue weighted by molar-refractivity contribution is -0.140. The summed E-state index contributed by atoms with van der Waals surface area (Å²) in [5.41, 5.74) is 3.40. The Labute approximate surface area is 138 Å². The van der Waals surface area contributed by atoms with E-state index in [2.05, 4.69) is 4.98 Å². The lowest BCUT2D eigenvalue weighted by atomic mass is 10.1. The normalized spacial score (nSPS) is 14.1. The van der Waals surface area contributed by atoms with Gasteiger partial charge in [0.05, 0.1) is 11.0 Å². The Morgan fingerprint density at radius 2 is 1.88 bits per heavy atom. The highest BCUT2D eigenvalue weighted by atomic mass is 16.7. The van der Waals surface area contributed by atoms with Gasteiger partial charge in [0.2, 0.25) is 6.79 Å². The summed E-state index contributed by atoms with van der Waals surface area (Å²) < 4.78 is 12.5. The molecule has 24 heavy (non-hydrogen) atoms. The van der Waals surface area contributed by atoms with Crippen LogP contribution in [0.2, 0.25) is 0 Å². The van der Waals surface area contributed by atoms with Crippen LogP contribution in [-0.2, 0) is 4.79 Å². The summed E-state index contributed by atoms with van der Waals surface area (Å²) in [5, 5.41) is 9.52. The number of aliphatic carboxylic acids is 1. The van der Waals surface area contributed by atoms with Gasteiger partial charge in [-0.1, -0.05) is 29.8 Å². The van der Waals surface area contributed by atoms with Crippen LogP contribution in [0.25, 0.3) is 22.4 Å². The van der Waals surface area contributed by atoms with Crippen molar-refractivity contribution in [2.75, 3.05) is 6.79 Å². The molecule has 1 aliphatic heterocycles. The topological polar surface area (TPSA) is 73.6 Å². The van der Waals surface area contributed by atoms with E-state index in [4.69, 9.17) is 9.47 Å². The summed E-state index contributed by atoms with van der Waals surface area (Å²) in [5.74, 6) is 0.936. The molecule has 0 fully saturated rings. The van der Waals surface area contributed by atoms with Crippen LogP contribution in [0.15, 0.2) is 36.4 Å². The van der Waals surface area contributed by atoms with E-state index >= 15 is 0 Å². The Balaban J connectivity index is 1.99. The number of carbonyl (C=O) groups is 1. The maximum atomic E-state index is 11.6. The van der Waals surface area contributed by atoms with Gasteiger partial charge < -0.3 is 19.1 Å². The fourth-order valence-corrected chi connectivity index (χ4v) is 2.89. The summed E-state index contributed by atoms with van der Waals surface area (Å²) in [6.07, 6.45) is 0. The second-order valence-corrected chi connectivity index (χ2v) is 5.88. The van der Waals surface area contributed by atoms with Crippen molar-refractivity contribution in [2.45, 2.75) is 19.9 Å². The highest BCUT2D eigenvalue weighted by Gasteiger charge is 2.25. The number of imidazole rings is 1. The molecule has 0 radical (unpaired) electrons. The van der Waals surface area contributed by atoms with Crippen LogP contribution in [0.1, 0.15) is 18.5 Å².